The molecule has 0 aliphatic rings. The van der Waals surface area contributed by atoms with Crippen LogP contribution in [0.4, 0.5) is 4.79 Å². The van der Waals surface area contributed by atoms with Crippen molar-refractivity contribution in [2.24, 2.45) is 0 Å². The van der Waals surface area contributed by atoms with E-state index < -0.39 is 0 Å². The molecule has 118 valence electrons. The van der Waals surface area contributed by atoms with Crippen LogP contribution in [-0.2, 0) is 6.42 Å². The van der Waals surface area contributed by atoms with Gasteiger partial charge in [-0.3, -0.25) is 0 Å². The lowest BCUT2D eigenvalue weighted by Gasteiger charge is -2.09. The van der Waals surface area contributed by atoms with Gasteiger partial charge in [-0.1, -0.05) is 36.4 Å². The first-order valence-electron chi connectivity index (χ1n) is 7.57. The highest BCUT2D eigenvalue weighted by atomic mass is 16.5. The maximum atomic E-state index is 11.7. The summed E-state index contributed by atoms with van der Waals surface area (Å²) in [6.45, 7) is 0.710. The molecule has 3 N–H and O–H groups in total. The van der Waals surface area contributed by atoms with Crippen LogP contribution in [-0.4, -0.2) is 24.3 Å². The van der Waals surface area contributed by atoms with Gasteiger partial charge in [0.25, 0.3) is 0 Å². The molecule has 0 aliphatic carbocycles. The van der Waals surface area contributed by atoms with E-state index in [2.05, 4.69) is 21.7 Å². The number of carbonyl (C=O) groups excluding carboxylic acids is 1. The van der Waals surface area contributed by atoms with Gasteiger partial charge < -0.3 is 20.4 Å². The van der Waals surface area contributed by atoms with Gasteiger partial charge in [0.1, 0.15) is 5.75 Å². The number of urea groups is 1. The number of H-pyrrole nitrogens is 1. The molecule has 0 fully saturated rings. The zero-order valence-electron chi connectivity index (χ0n) is 12.7. The van der Waals surface area contributed by atoms with Crippen LogP contribution in [0.2, 0.25) is 0 Å². The van der Waals surface area contributed by atoms with Crippen LogP contribution in [0.25, 0.3) is 10.9 Å². The number of rotatable bonds is 6. The van der Waals surface area contributed by atoms with E-state index in [9.17, 15) is 4.79 Å². The fourth-order valence-electron chi connectivity index (χ4n) is 2.41. The third-order valence-electron chi connectivity index (χ3n) is 3.57. The number of hydrogen-bond donors (Lipinski definition) is 3. The molecule has 23 heavy (non-hydrogen) atoms. The molecule has 3 rings (SSSR count). The van der Waals surface area contributed by atoms with E-state index in [1.165, 1.54) is 10.9 Å². The van der Waals surface area contributed by atoms with E-state index >= 15 is 0 Å². The molecule has 0 spiro atoms. The molecule has 5 heteroatoms. The first-order valence-corrected chi connectivity index (χ1v) is 7.57. The van der Waals surface area contributed by atoms with Crippen LogP contribution in [0.3, 0.4) is 0 Å². The number of hydrogen-bond acceptors (Lipinski definition) is 2. The monoisotopic (exact) mass is 309 g/mol. The normalized spacial score (nSPS) is 10.4. The highest BCUT2D eigenvalue weighted by Gasteiger charge is 2.04. The van der Waals surface area contributed by atoms with Crippen molar-refractivity contribution in [2.45, 2.75) is 6.42 Å². The van der Waals surface area contributed by atoms with Gasteiger partial charge in [-0.15, -0.1) is 0 Å². The van der Waals surface area contributed by atoms with Crippen LogP contribution in [0.5, 0.6) is 5.75 Å². The molecular formula is C18H19N3O2. The number of carbonyl (C=O) groups is 1. The lowest BCUT2D eigenvalue weighted by Crippen LogP contribution is -2.38. The Morgan fingerprint density at radius 2 is 1.78 bits per heavy atom. The summed E-state index contributed by atoms with van der Waals surface area (Å²) in [4.78, 5) is 14.9. The van der Waals surface area contributed by atoms with Gasteiger partial charge in [-0.05, 0) is 30.2 Å². The summed E-state index contributed by atoms with van der Waals surface area (Å²) in [6, 6.07) is 17.3. The second-order valence-electron chi connectivity index (χ2n) is 5.14. The largest absolute Gasteiger partial charge is 0.473 e. The van der Waals surface area contributed by atoms with Crippen molar-refractivity contribution in [3.8, 4) is 5.75 Å². The Morgan fingerprint density at radius 3 is 2.65 bits per heavy atom. The van der Waals surface area contributed by atoms with Crippen LogP contribution in [0, 0.1) is 0 Å². The molecule has 0 aliphatic heterocycles. The number of amides is 2. The molecule has 0 saturated heterocycles. The van der Waals surface area contributed by atoms with E-state index in [-0.39, 0.29) is 12.8 Å². The Hall–Kier alpha value is -2.95. The first kappa shape index (κ1) is 15.0. The number of ether oxygens (including phenoxy) is 1. The fourth-order valence-corrected chi connectivity index (χ4v) is 2.41. The van der Waals surface area contributed by atoms with Gasteiger partial charge >= 0.3 is 6.03 Å². The summed E-state index contributed by atoms with van der Waals surface area (Å²) in [5.74, 6) is 0.728. The number of aromatic nitrogens is 1. The maximum absolute atomic E-state index is 11.7. The van der Waals surface area contributed by atoms with Gasteiger partial charge in [0.15, 0.2) is 6.73 Å². The van der Waals surface area contributed by atoms with Crippen molar-refractivity contribution in [3.63, 3.8) is 0 Å². The summed E-state index contributed by atoms with van der Waals surface area (Å²) < 4.78 is 5.41. The predicted molar refractivity (Wildman–Crippen MR) is 90.5 cm³/mol. The van der Waals surface area contributed by atoms with Crippen molar-refractivity contribution in [3.05, 3.63) is 66.4 Å². The molecule has 0 saturated carbocycles. The van der Waals surface area contributed by atoms with E-state index in [0.29, 0.717) is 6.54 Å². The molecule has 5 nitrogen and oxygen atoms in total. The van der Waals surface area contributed by atoms with E-state index in [0.717, 1.165) is 17.7 Å². The minimum absolute atomic E-state index is 0.142. The first-order chi connectivity index (χ1) is 11.3. The summed E-state index contributed by atoms with van der Waals surface area (Å²) in [5.41, 5.74) is 2.31. The number of fused-ring (bicyclic) bond motifs is 1. The van der Waals surface area contributed by atoms with Crippen molar-refractivity contribution in [2.75, 3.05) is 13.3 Å². The number of benzene rings is 2. The van der Waals surface area contributed by atoms with Crippen LogP contribution < -0.4 is 15.4 Å². The number of para-hydroxylation sites is 2. The standard InChI is InChI=1S/C18H19N3O2/c22-18(21-13-23-15-6-2-1-3-7-15)19-11-10-14-12-20-17-9-5-4-8-16(14)17/h1-9,12,20H,10-11,13H2,(H2,19,21,22). The topological polar surface area (TPSA) is 66.2 Å². The van der Waals surface area contributed by atoms with Gasteiger partial charge in [-0.2, -0.15) is 0 Å². The third-order valence-corrected chi connectivity index (χ3v) is 3.57. The van der Waals surface area contributed by atoms with Crippen LogP contribution in [0.1, 0.15) is 5.56 Å². The van der Waals surface area contributed by atoms with Gasteiger partial charge in [0, 0.05) is 23.6 Å². The molecule has 1 heterocycles. The zero-order chi connectivity index (χ0) is 15.9. The van der Waals surface area contributed by atoms with Crippen LogP contribution in [0.15, 0.2) is 60.8 Å². The van der Waals surface area contributed by atoms with E-state index in [1.54, 1.807) is 0 Å². The molecule has 3 aromatic rings. The Morgan fingerprint density at radius 1 is 1.00 bits per heavy atom. The highest BCUT2D eigenvalue weighted by molar-refractivity contribution is 5.83. The molecule has 1 aromatic heterocycles. The molecule has 0 radical (unpaired) electrons. The summed E-state index contributed by atoms with van der Waals surface area (Å²) >= 11 is 0. The Bertz CT molecular complexity index is 768. The molecule has 2 aromatic carbocycles. The molecular weight excluding hydrogens is 290 g/mol. The van der Waals surface area contributed by atoms with Crippen molar-refractivity contribution in [1.29, 1.82) is 0 Å². The second-order valence-corrected chi connectivity index (χ2v) is 5.14. The Kier molecular flexibility index (Phi) is 4.79. The maximum Gasteiger partial charge on any atom is 0.317 e. The minimum Gasteiger partial charge on any atom is -0.473 e. The zero-order valence-corrected chi connectivity index (χ0v) is 12.7. The molecule has 0 bridgehead atoms. The predicted octanol–water partition coefficient (Wildman–Crippen LogP) is 3.05. The van der Waals surface area contributed by atoms with Crippen molar-refractivity contribution < 1.29 is 9.53 Å². The molecule has 0 unspecified atom stereocenters. The Balaban J connectivity index is 1.39. The third kappa shape index (κ3) is 4.03. The van der Waals surface area contributed by atoms with Gasteiger partial charge in [-0.25, -0.2) is 4.79 Å². The van der Waals surface area contributed by atoms with E-state index in [4.69, 9.17) is 4.74 Å². The van der Waals surface area contributed by atoms with Crippen molar-refractivity contribution in [1.82, 2.24) is 15.6 Å². The van der Waals surface area contributed by atoms with Gasteiger partial charge in [0.2, 0.25) is 0 Å². The van der Waals surface area contributed by atoms with Crippen LogP contribution >= 0.6 is 0 Å². The van der Waals surface area contributed by atoms with E-state index in [1.807, 2.05) is 54.7 Å². The quantitative estimate of drug-likeness (QED) is 0.613. The smallest absolute Gasteiger partial charge is 0.317 e. The lowest BCUT2D eigenvalue weighted by molar-refractivity contribution is 0.224. The summed E-state index contributed by atoms with van der Waals surface area (Å²) in [5, 5.41) is 6.69. The summed E-state index contributed by atoms with van der Waals surface area (Å²) in [6.07, 6.45) is 2.76. The number of aromatic amines is 1. The second kappa shape index (κ2) is 7.35. The molecule has 2 amide bonds. The lowest BCUT2D eigenvalue weighted by atomic mass is 10.1. The molecule has 0 atom stereocenters. The summed E-state index contributed by atoms with van der Waals surface area (Å²) in [7, 11) is 0. The average Bonchev–Trinajstić information content (AvgIpc) is 2.99. The van der Waals surface area contributed by atoms with Crippen molar-refractivity contribution >= 4 is 16.9 Å². The Labute approximate surface area is 134 Å². The van der Waals surface area contributed by atoms with Gasteiger partial charge in [0.05, 0.1) is 0 Å². The SMILES string of the molecule is O=C(NCCc1c[nH]c2ccccc12)NCOc1ccccc1. The number of nitrogens with one attached hydrogen (secondary N) is 3. The average molecular weight is 309 g/mol. The highest BCUT2D eigenvalue weighted by Crippen LogP contribution is 2.17. The fraction of sp³-hybridized carbons (Fsp3) is 0.167. The minimum atomic E-state index is -0.235.